The van der Waals surface area contributed by atoms with Crippen LogP contribution in [0.4, 0.5) is 10.2 Å². The second kappa shape index (κ2) is 5.95. The van der Waals surface area contributed by atoms with E-state index in [-0.39, 0.29) is 11.4 Å². The molecule has 2 aromatic rings. The molecule has 4 nitrogen and oxygen atoms in total. The van der Waals surface area contributed by atoms with Crippen LogP contribution >= 0.6 is 0 Å². The van der Waals surface area contributed by atoms with Crippen molar-refractivity contribution < 1.29 is 9.18 Å². The molecule has 0 saturated heterocycles. The highest BCUT2D eigenvalue weighted by atomic mass is 19.1. The molecule has 0 aliphatic heterocycles. The number of nitrogens with one attached hydrogen (secondary N) is 1. The zero-order valence-corrected chi connectivity index (χ0v) is 10.3. The van der Waals surface area contributed by atoms with Gasteiger partial charge in [-0.1, -0.05) is 30.3 Å². The molecule has 1 aromatic heterocycles. The number of nitrogen functional groups attached to an aromatic ring is 1. The number of benzene rings is 1. The van der Waals surface area contributed by atoms with Crippen molar-refractivity contribution >= 4 is 11.7 Å². The van der Waals surface area contributed by atoms with Gasteiger partial charge in [-0.05, 0) is 18.1 Å². The third-order valence-electron chi connectivity index (χ3n) is 2.67. The van der Waals surface area contributed by atoms with Gasteiger partial charge in [-0.3, -0.25) is 4.79 Å². The maximum Gasteiger partial charge on any atom is 0.255 e. The van der Waals surface area contributed by atoms with Gasteiger partial charge in [-0.15, -0.1) is 0 Å². The summed E-state index contributed by atoms with van der Waals surface area (Å²) < 4.78 is 13.0. The molecule has 0 aliphatic rings. The molecule has 0 unspecified atom stereocenters. The fourth-order valence-corrected chi connectivity index (χ4v) is 1.69. The SMILES string of the molecule is Nc1ncc(F)cc1C(=O)NCCc1ccccc1. The number of carbonyl (C=O) groups is 1. The number of nitrogens with zero attached hydrogens (tertiary/aromatic N) is 1. The molecule has 0 spiro atoms. The van der Waals surface area contributed by atoms with Gasteiger partial charge in [0.2, 0.25) is 0 Å². The summed E-state index contributed by atoms with van der Waals surface area (Å²) in [5.74, 6) is -0.971. The fraction of sp³-hybridized carbons (Fsp3) is 0.143. The molecule has 3 N–H and O–H groups in total. The highest BCUT2D eigenvalue weighted by molar-refractivity contribution is 5.98. The molecule has 0 radical (unpaired) electrons. The van der Waals surface area contributed by atoms with Crippen LogP contribution in [-0.4, -0.2) is 17.4 Å². The number of amides is 1. The highest BCUT2D eigenvalue weighted by Gasteiger charge is 2.11. The molecular weight excluding hydrogens is 245 g/mol. The zero-order chi connectivity index (χ0) is 13.7. The predicted octanol–water partition coefficient (Wildman–Crippen LogP) is 1.78. The second-order valence-corrected chi connectivity index (χ2v) is 4.08. The van der Waals surface area contributed by atoms with E-state index in [0.717, 1.165) is 17.8 Å². The normalized spacial score (nSPS) is 10.2. The Hall–Kier alpha value is -2.43. The number of anilines is 1. The number of aromatic nitrogens is 1. The first-order valence-corrected chi connectivity index (χ1v) is 5.90. The Morgan fingerprint density at radius 2 is 2.05 bits per heavy atom. The Bertz CT molecular complexity index is 572. The Balaban J connectivity index is 1.93. The molecule has 98 valence electrons. The van der Waals surface area contributed by atoms with E-state index in [1.165, 1.54) is 0 Å². The van der Waals surface area contributed by atoms with E-state index in [1.54, 1.807) is 0 Å². The van der Waals surface area contributed by atoms with Crippen LogP contribution in [0.3, 0.4) is 0 Å². The van der Waals surface area contributed by atoms with E-state index in [9.17, 15) is 9.18 Å². The number of hydrogen-bond acceptors (Lipinski definition) is 3. The van der Waals surface area contributed by atoms with Gasteiger partial charge in [0.1, 0.15) is 11.6 Å². The summed E-state index contributed by atoms with van der Waals surface area (Å²) in [6, 6.07) is 10.8. The minimum absolute atomic E-state index is 0.0265. The lowest BCUT2D eigenvalue weighted by Gasteiger charge is -2.07. The first-order chi connectivity index (χ1) is 9.16. The summed E-state index contributed by atoms with van der Waals surface area (Å²) in [6.07, 6.45) is 1.69. The smallest absolute Gasteiger partial charge is 0.255 e. The van der Waals surface area contributed by atoms with Crippen LogP contribution in [0.2, 0.25) is 0 Å². The van der Waals surface area contributed by atoms with Gasteiger partial charge in [0.05, 0.1) is 11.8 Å². The maximum absolute atomic E-state index is 13.0. The molecule has 0 bridgehead atoms. The summed E-state index contributed by atoms with van der Waals surface area (Å²) in [7, 11) is 0. The van der Waals surface area contributed by atoms with E-state index in [4.69, 9.17) is 5.73 Å². The number of halogens is 1. The summed E-state index contributed by atoms with van der Waals surface area (Å²) in [5.41, 5.74) is 6.72. The molecule has 19 heavy (non-hydrogen) atoms. The van der Waals surface area contributed by atoms with E-state index < -0.39 is 11.7 Å². The van der Waals surface area contributed by atoms with Crippen molar-refractivity contribution in [3.63, 3.8) is 0 Å². The average molecular weight is 259 g/mol. The molecule has 0 saturated carbocycles. The second-order valence-electron chi connectivity index (χ2n) is 4.08. The van der Waals surface area contributed by atoms with Crippen molar-refractivity contribution in [2.45, 2.75) is 6.42 Å². The molecule has 0 fully saturated rings. The fourth-order valence-electron chi connectivity index (χ4n) is 1.69. The summed E-state index contributed by atoms with van der Waals surface area (Å²) in [6.45, 7) is 0.457. The summed E-state index contributed by atoms with van der Waals surface area (Å²) >= 11 is 0. The van der Waals surface area contributed by atoms with Gasteiger partial charge in [0, 0.05) is 6.54 Å². The topological polar surface area (TPSA) is 68.0 Å². The van der Waals surface area contributed by atoms with Crippen LogP contribution < -0.4 is 11.1 Å². The quantitative estimate of drug-likeness (QED) is 0.879. The van der Waals surface area contributed by atoms with E-state index >= 15 is 0 Å². The van der Waals surface area contributed by atoms with Gasteiger partial charge in [0.15, 0.2) is 0 Å². The number of rotatable bonds is 4. The molecule has 2 rings (SSSR count). The summed E-state index contributed by atoms with van der Waals surface area (Å²) in [4.78, 5) is 15.4. The van der Waals surface area contributed by atoms with Crippen LogP contribution in [-0.2, 0) is 6.42 Å². The lowest BCUT2D eigenvalue weighted by molar-refractivity contribution is 0.0954. The van der Waals surface area contributed by atoms with Crippen molar-refractivity contribution in [1.82, 2.24) is 10.3 Å². The van der Waals surface area contributed by atoms with Gasteiger partial charge in [0.25, 0.3) is 5.91 Å². The van der Waals surface area contributed by atoms with E-state index in [0.29, 0.717) is 13.0 Å². The lowest BCUT2D eigenvalue weighted by Crippen LogP contribution is -2.26. The van der Waals surface area contributed by atoms with E-state index in [1.807, 2.05) is 30.3 Å². The zero-order valence-electron chi connectivity index (χ0n) is 10.3. The third kappa shape index (κ3) is 3.51. The van der Waals surface area contributed by atoms with Crippen molar-refractivity contribution in [3.8, 4) is 0 Å². The molecule has 1 amide bonds. The third-order valence-corrected chi connectivity index (χ3v) is 2.67. The first-order valence-electron chi connectivity index (χ1n) is 5.90. The van der Waals surface area contributed by atoms with Crippen LogP contribution in [0.15, 0.2) is 42.6 Å². The number of carbonyl (C=O) groups excluding carboxylic acids is 1. The van der Waals surface area contributed by atoms with Crippen molar-refractivity contribution in [2.24, 2.45) is 0 Å². The molecule has 0 atom stereocenters. The Kier molecular flexibility index (Phi) is 4.07. The minimum atomic E-state index is -0.581. The molecule has 5 heteroatoms. The molecular formula is C14H14FN3O. The number of nitrogens with two attached hydrogens (primary N) is 1. The lowest BCUT2D eigenvalue weighted by atomic mass is 10.1. The average Bonchev–Trinajstić information content (AvgIpc) is 2.42. The predicted molar refractivity (Wildman–Crippen MR) is 71.1 cm³/mol. The maximum atomic E-state index is 13.0. The Labute approximate surface area is 110 Å². The van der Waals surface area contributed by atoms with Crippen molar-refractivity contribution in [3.05, 3.63) is 59.5 Å². The molecule has 1 heterocycles. The Morgan fingerprint density at radius 3 is 2.79 bits per heavy atom. The standard InChI is InChI=1S/C14H14FN3O/c15-11-8-12(13(16)18-9-11)14(19)17-7-6-10-4-2-1-3-5-10/h1-5,8-9H,6-7H2,(H2,16,18)(H,17,19). The highest BCUT2D eigenvalue weighted by Crippen LogP contribution is 2.09. The van der Waals surface area contributed by atoms with Gasteiger partial charge >= 0.3 is 0 Å². The van der Waals surface area contributed by atoms with Crippen LogP contribution in [0.5, 0.6) is 0 Å². The van der Waals surface area contributed by atoms with E-state index in [2.05, 4.69) is 10.3 Å². The Morgan fingerprint density at radius 1 is 1.32 bits per heavy atom. The van der Waals surface area contributed by atoms with Gasteiger partial charge in [-0.2, -0.15) is 0 Å². The monoisotopic (exact) mass is 259 g/mol. The van der Waals surface area contributed by atoms with Crippen LogP contribution in [0, 0.1) is 5.82 Å². The first kappa shape index (κ1) is 13.0. The minimum Gasteiger partial charge on any atom is -0.383 e. The van der Waals surface area contributed by atoms with Crippen molar-refractivity contribution in [2.75, 3.05) is 12.3 Å². The van der Waals surface area contributed by atoms with Gasteiger partial charge < -0.3 is 11.1 Å². The molecule has 0 aliphatic carbocycles. The number of pyridine rings is 1. The molecule has 1 aromatic carbocycles. The summed E-state index contributed by atoms with van der Waals surface area (Å²) in [5, 5.41) is 2.69. The van der Waals surface area contributed by atoms with Crippen LogP contribution in [0.1, 0.15) is 15.9 Å². The van der Waals surface area contributed by atoms with Crippen LogP contribution in [0.25, 0.3) is 0 Å². The van der Waals surface area contributed by atoms with Crippen molar-refractivity contribution in [1.29, 1.82) is 0 Å². The number of hydrogen-bond donors (Lipinski definition) is 2. The van der Waals surface area contributed by atoms with Gasteiger partial charge in [-0.25, -0.2) is 9.37 Å². The largest absolute Gasteiger partial charge is 0.383 e.